The van der Waals surface area contributed by atoms with Gasteiger partial charge in [-0.05, 0) is 43.4 Å². The van der Waals surface area contributed by atoms with E-state index in [0.29, 0.717) is 12.5 Å². The van der Waals surface area contributed by atoms with Crippen LogP contribution in [-0.4, -0.2) is 20.2 Å². The van der Waals surface area contributed by atoms with Gasteiger partial charge in [0.2, 0.25) is 0 Å². The van der Waals surface area contributed by atoms with Gasteiger partial charge in [0.05, 0.1) is 16.2 Å². The maximum atomic E-state index is 12.6. The van der Waals surface area contributed by atoms with Gasteiger partial charge in [0.15, 0.2) is 9.84 Å². The first-order chi connectivity index (χ1) is 9.18. The van der Waals surface area contributed by atoms with E-state index < -0.39 is 21.6 Å². The van der Waals surface area contributed by atoms with Gasteiger partial charge in [0.25, 0.3) is 0 Å². The quantitative estimate of drug-likeness (QED) is 0.930. The molecule has 0 heterocycles. The van der Waals surface area contributed by atoms with Crippen molar-refractivity contribution in [1.29, 1.82) is 0 Å². The Kier molecular flexibility index (Phi) is 4.11. The first kappa shape index (κ1) is 15.3. The molecule has 0 aromatic heterocycles. The predicted octanol–water partition coefficient (Wildman–Crippen LogP) is 2.61. The van der Waals surface area contributed by atoms with Gasteiger partial charge in [-0.2, -0.15) is 13.2 Å². The molecule has 112 valence electrons. The van der Waals surface area contributed by atoms with Crippen LogP contribution in [0.4, 0.5) is 13.2 Å². The van der Waals surface area contributed by atoms with Crippen molar-refractivity contribution >= 4 is 9.84 Å². The summed E-state index contributed by atoms with van der Waals surface area (Å²) in [5.74, 6) is 0.136. The molecule has 1 aromatic rings. The molecule has 0 unspecified atom stereocenters. The van der Waals surface area contributed by atoms with E-state index in [9.17, 15) is 21.6 Å². The smallest absolute Gasteiger partial charge is 0.328 e. The van der Waals surface area contributed by atoms with E-state index in [2.05, 4.69) is 0 Å². The Labute approximate surface area is 115 Å². The molecule has 3 nitrogen and oxygen atoms in total. The molecule has 20 heavy (non-hydrogen) atoms. The van der Waals surface area contributed by atoms with Gasteiger partial charge in [-0.3, -0.25) is 0 Å². The SMILES string of the molecule is N[C@H]1C[C@H](CCS(=O)(=O)c2cccc(C(F)(F)F)c2)C1. The zero-order valence-corrected chi connectivity index (χ0v) is 11.5. The van der Waals surface area contributed by atoms with Crippen LogP contribution in [-0.2, 0) is 16.0 Å². The molecule has 0 radical (unpaired) electrons. The van der Waals surface area contributed by atoms with E-state index in [1.165, 1.54) is 6.07 Å². The third-order valence-electron chi connectivity index (χ3n) is 3.59. The Hall–Kier alpha value is -1.08. The number of alkyl halides is 3. The van der Waals surface area contributed by atoms with Crippen molar-refractivity contribution in [3.05, 3.63) is 29.8 Å². The highest BCUT2D eigenvalue weighted by molar-refractivity contribution is 7.91. The minimum absolute atomic E-state index is 0.133. The van der Waals surface area contributed by atoms with Crippen LogP contribution in [0.1, 0.15) is 24.8 Å². The molecule has 1 saturated carbocycles. The van der Waals surface area contributed by atoms with Crippen molar-refractivity contribution < 1.29 is 21.6 Å². The number of hydrogen-bond acceptors (Lipinski definition) is 3. The third-order valence-corrected chi connectivity index (χ3v) is 5.33. The van der Waals surface area contributed by atoms with Gasteiger partial charge in [-0.25, -0.2) is 8.42 Å². The fourth-order valence-corrected chi connectivity index (χ4v) is 3.80. The number of rotatable bonds is 4. The summed E-state index contributed by atoms with van der Waals surface area (Å²) in [4.78, 5) is -0.268. The molecule has 0 bridgehead atoms. The van der Waals surface area contributed by atoms with Gasteiger partial charge in [0, 0.05) is 6.04 Å². The number of benzene rings is 1. The number of nitrogens with two attached hydrogens (primary N) is 1. The van der Waals surface area contributed by atoms with Crippen molar-refractivity contribution in [1.82, 2.24) is 0 Å². The third kappa shape index (κ3) is 3.52. The summed E-state index contributed by atoms with van der Waals surface area (Å²) in [6.45, 7) is 0. The van der Waals surface area contributed by atoms with Crippen LogP contribution in [0.3, 0.4) is 0 Å². The second-order valence-electron chi connectivity index (χ2n) is 5.23. The minimum atomic E-state index is -4.54. The monoisotopic (exact) mass is 307 g/mol. The molecule has 0 spiro atoms. The lowest BCUT2D eigenvalue weighted by Gasteiger charge is -2.32. The average Bonchev–Trinajstić information content (AvgIpc) is 2.32. The summed E-state index contributed by atoms with van der Waals surface area (Å²) in [5.41, 5.74) is 4.67. The first-order valence-electron chi connectivity index (χ1n) is 6.34. The second-order valence-corrected chi connectivity index (χ2v) is 7.34. The highest BCUT2D eigenvalue weighted by Gasteiger charge is 2.32. The predicted molar refractivity (Wildman–Crippen MR) is 68.8 cm³/mol. The summed E-state index contributed by atoms with van der Waals surface area (Å²) < 4.78 is 61.8. The second kappa shape index (κ2) is 5.37. The van der Waals surface area contributed by atoms with E-state index in [4.69, 9.17) is 5.73 Å². The summed E-state index contributed by atoms with van der Waals surface area (Å²) in [6, 6.07) is 4.02. The van der Waals surface area contributed by atoms with E-state index in [0.717, 1.165) is 25.0 Å². The lowest BCUT2D eigenvalue weighted by molar-refractivity contribution is -0.137. The highest BCUT2D eigenvalue weighted by Crippen LogP contribution is 2.32. The van der Waals surface area contributed by atoms with Gasteiger partial charge in [0.1, 0.15) is 0 Å². The van der Waals surface area contributed by atoms with Gasteiger partial charge in [-0.1, -0.05) is 6.07 Å². The summed E-state index contributed by atoms with van der Waals surface area (Å²) in [7, 11) is -3.67. The van der Waals surface area contributed by atoms with Crippen LogP contribution < -0.4 is 5.73 Å². The van der Waals surface area contributed by atoms with Crippen molar-refractivity contribution in [2.45, 2.75) is 36.4 Å². The van der Waals surface area contributed by atoms with Gasteiger partial charge < -0.3 is 5.73 Å². The molecular weight excluding hydrogens is 291 g/mol. The van der Waals surface area contributed by atoms with E-state index >= 15 is 0 Å². The van der Waals surface area contributed by atoms with Crippen LogP contribution in [0.25, 0.3) is 0 Å². The first-order valence-corrected chi connectivity index (χ1v) is 7.99. The van der Waals surface area contributed by atoms with Crippen molar-refractivity contribution in [3.8, 4) is 0 Å². The minimum Gasteiger partial charge on any atom is -0.328 e. The van der Waals surface area contributed by atoms with E-state index in [1.807, 2.05) is 0 Å². The molecule has 0 saturated heterocycles. The Morgan fingerprint density at radius 2 is 1.90 bits per heavy atom. The molecule has 1 fully saturated rings. The number of sulfone groups is 1. The normalized spacial score (nSPS) is 23.4. The summed E-state index contributed by atoms with van der Waals surface area (Å²) in [5, 5.41) is 0. The van der Waals surface area contributed by atoms with Gasteiger partial charge in [-0.15, -0.1) is 0 Å². The van der Waals surface area contributed by atoms with Crippen molar-refractivity contribution in [2.24, 2.45) is 11.7 Å². The topological polar surface area (TPSA) is 60.2 Å². The lowest BCUT2D eigenvalue weighted by Crippen LogP contribution is -2.37. The molecule has 1 aliphatic rings. The van der Waals surface area contributed by atoms with Crippen molar-refractivity contribution in [3.63, 3.8) is 0 Å². The fourth-order valence-electron chi connectivity index (χ4n) is 2.33. The van der Waals surface area contributed by atoms with Crippen LogP contribution in [0.15, 0.2) is 29.2 Å². The maximum absolute atomic E-state index is 12.6. The molecule has 0 amide bonds. The summed E-state index contributed by atoms with van der Waals surface area (Å²) >= 11 is 0. The largest absolute Gasteiger partial charge is 0.416 e. The Morgan fingerprint density at radius 1 is 1.25 bits per heavy atom. The van der Waals surface area contributed by atoms with E-state index in [1.54, 1.807) is 0 Å². The molecule has 1 aliphatic carbocycles. The lowest BCUT2D eigenvalue weighted by atomic mass is 9.79. The highest BCUT2D eigenvalue weighted by atomic mass is 32.2. The molecular formula is C13H16F3NO2S. The zero-order chi connectivity index (χ0) is 15.0. The molecule has 2 N–H and O–H groups in total. The Balaban J connectivity index is 2.09. The zero-order valence-electron chi connectivity index (χ0n) is 10.7. The van der Waals surface area contributed by atoms with Crippen LogP contribution in [0.5, 0.6) is 0 Å². The van der Waals surface area contributed by atoms with Crippen LogP contribution in [0, 0.1) is 5.92 Å². The Bertz CT molecular complexity index is 578. The molecule has 2 rings (SSSR count). The Morgan fingerprint density at radius 3 is 2.45 bits per heavy atom. The van der Waals surface area contributed by atoms with E-state index in [-0.39, 0.29) is 22.6 Å². The molecule has 1 aromatic carbocycles. The molecule has 7 heteroatoms. The molecule has 0 atom stereocenters. The maximum Gasteiger partial charge on any atom is 0.416 e. The average molecular weight is 307 g/mol. The van der Waals surface area contributed by atoms with Crippen LogP contribution in [0.2, 0.25) is 0 Å². The summed E-state index contributed by atoms with van der Waals surface area (Å²) in [6.07, 6.45) is -2.51. The number of halogens is 3. The van der Waals surface area contributed by atoms with Gasteiger partial charge >= 0.3 is 6.18 Å². The standard InChI is InChI=1S/C13H16F3NO2S/c14-13(15,16)10-2-1-3-12(8-10)20(18,19)5-4-9-6-11(17)7-9/h1-3,8-9,11H,4-7,17H2/t9-,11-. The van der Waals surface area contributed by atoms with Crippen LogP contribution >= 0.6 is 0 Å². The molecule has 0 aliphatic heterocycles. The fraction of sp³-hybridized carbons (Fsp3) is 0.538. The van der Waals surface area contributed by atoms with Crippen molar-refractivity contribution in [2.75, 3.05) is 5.75 Å². The number of hydrogen-bond donors (Lipinski definition) is 1.